The third-order valence-corrected chi connectivity index (χ3v) is 2.78. The maximum atomic E-state index is 5.65. The summed E-state index contributed by atoms with van der Waals surface area (Å²) in [7, 11) is 1.62. The van der Waals surface area contributed by atoms with Crippen molar-refractivity contribution in [2.45, 2.75) is 6.54 Å². The van der Waals surface area contributed by atoms with Gasteiger partial charge < -0.3 is 19.9 Å². The lowest BCUT2D eigenvalue weighted by molar-refractivity contribution is 0.216. The van der Waals surface area contributed by atoms with Crippen LogP contribution in [0, 0.1) is 0 Å². The van der Waals surface area contributed by atoms with Crippen LogP contribution in [0.5, 0.6) is 17.2 Å². The molecule has 4 heteroatoms. The molecule has 2 aromatic rings. The van der Waals surface area contributed by atoms with Crippen LogP contribution < -0.4 is 19.9 Å². The van der Waals surface area contributed by atoms with Crippen molar-refractivity contribution in [3.63, 3.8) is 0 Å². The lowest BCUT2D eigenvalue weighted by atomic mass is 10.2. The zero-order valence-corrected chi connectivity index (χ0v) is 11.5. The summed E-state index contributed by atoms with van der Waals surface area (Å²) in [6.45, 7) is 1.40. The smallest absolute Gasteiger partial charge is 0.123 e. The van der Waals surface area contributed by atoms with Gasteiger partial charge in [0.2, 0.25) is 0 Å². The summed E-state index contributed by atoms with van der Waals surface area (Å²) in [4.78, 5) is 0. The third-order valence-electron chi connectivity index (χ3n) is 2.78. The molecule has 0 atom stereocenters. The zero-order chi connectivity index (χ0) is 14.2. The fraction of sp³-hybridized carbons (Fsp3) is 0.250. The summed E-state index contributed by atoms with van der Waals surface area (Å²) in [6.07, 6.45) is 0. The maximum absolute atomic E-state index is 5.65. The highest BCUT2D eigenvalue weighted by Crippen LogP contribution is 2.22. The Morgan fingerprint density at radius 3 is 2.15 bits per heavy atom. The summed E-state index contributed by atoms with van der Waals surface area (Å²) in [5.41, 5.74) is 6.61. The van der Waals surface area contributed by atoms with Crippen molar-refractivity contribution in [2.24, 2.45) is 5.73 Å². The Balaban J connectivity index is 1.84. The maximum Gasteiger partial charge on any atom is 0.123 e. The van der Waals surface area contributed by atoms with Gasteiger partial charge in [-0.15, -0.1) is 0 Å². The molecule has 2 aromatic carbocycles. The van der Waals surface area contributed by atoms with Gasteiger partial charge in [0.1, 0.15) is 30.5 Å². The van der Waals surface area contributed by atoms with Gasteiger partial charge in [-0.2, -0.15) is 0 Å². The summed E-state index contributed by atoms with van der Waals surface area (Å²) in [5, 5.41) is 0. The fourth-order valence-electron chi connectivity index (χ4n) is 1.79. The largest absolute Gasteiger partial charge is 0.497 e. The molecular formula is C16H19NO3. The van der Waals surface area contributed by atoms with Crippen LogP contribution in [0.4, 0.5) is 0 Å². The first-order chi connectivity index (χ1) is 9.81. The Bertz CT molecular complexity index is 506. The molecule has 0 radical (unpaired) electrons. The minimum absolute atomic E-state index is 0.452. The molecule has 0 spiro atoms. The molecule has 106 valence electrons. The van der Waals surface area contributed by atoms with Crippen molar-refractivity contribution in [2.75, 3.05) is 20.3 Å². The topological polar surface area (TPSA) is 53.7 Å². The molecule has 0 fully saturated rings. The fourth-order valence-corrected chi connectivity index (χ4v) is 1.79. The molecule has 0 bridgehead atoms. The van der Waals surface area contributed by atoms with E-state index in [9.17, 15) is 0 Å². The second-order valence-corrected chi connectivity index (χ2v) is 4.23. The highest BCUT2D eigenvalue weighted by molar-refractivity contribution is 5.38. The Hall–Kier alpha value is -2.20. The van der Waals surface area contributed by atoms with Gasteiger partial charge in [0.15, 0.2) is 0 Å². The van der Waals surface area contributed by atoms with Crippen molar-refractivity contribution in [1.82, 2.24) is 0 Å². The van der Waals surface area contributed by atoms with Crippen LogP contribution in [0.3, 0.4) is 0 Å². The van der Waals surface area contributed by atoms with Gasteiger partial charge in [-0.1, -0.05) is 18.2 Å². The normalized spacial score (nSPS) is 10.1. The number of para-hydroxylation sites is 1. The van der Waals surface area contributed by atoms with Gasteiger partial charge in [-0.05, 0) is 29.8 Å². The van der Waals surface area contributed by atoms with E-state index >= 15 is 0 Å². The van der Waals surface area contributed by atoms with Crippen LogP contribution in [0.2, 0.25) is 0 Å². The lowest BCUT2D eigenvalue weighted by Gasteiger charge is -2.11. The van der Waals surface area contributed by atoms with Crippen molar-refractivity contribution in [3.8, 4) is 17.2 Å². The standard InChI is InChI=1S/C16H19NO3/c1-18-15-9-13(12-17)10-16(11-15)20-8-7-19-14-5-3-2-4-6-14/h2-6,9-11H,7-8,12,17H2,1H3. The summed E-state index contributed by atoms with van der Waals surface area (Å²) >= 11 is 0. The predicted octanol–water partition coefficient (Wildman–Crippen LogP) is 2.61. The Morgan fingerprint density at radius 1 is 0.850 bits per heavy atom. The molecular weight excluding hydrogens is 254 g/mol. The summed E-state index contributed by atoms with van der Waals surface area (Å²) in [5.74, 6) is 2.32. The number of rotatable bonds is 7. The number of ether oxygens (including phenoxy) is 3. The zero-order valence-electron chi connectivity index (χ0n) is 11.5. The molecule has 0 aliphatic carbocycles. The molecule has 0 aromatic heterocycles. The van der Waals surface area contributed by atoms with Crippen molar-refractivity contribution in [3.05, 3.63) is 54.1 Å². The van der Waals surface area contributed by atoms with E-state index in [1.165, 1.54) is 0 Å². The Morgan fingerprint density at radius 2 is 1.50 bits per heavy atom. The van der Waals surface area contributed by atoms with E-state index in [0.717, 1.165) is 22.8 Å². The number of benzene rings is 2. The van der Waals surface area contributed by atoms with Gasteiger partial charge in [-0.3, -0.25) is 0 Å². The second-order valence-electron chi connectivity index (χ2n) is 4.23. The van der Waals surface area contributed by atoms with Crippen molar-refractivity contribution >= 4 is 0 Å². The first kappa shape index (κ1) is 14.2. The van der Waals surface area contributed by atoms with Gasteiger partial charge in [-0.25, -0.2) is 0 Å². The van der Waals surface area contributed by atoms with E-state index in [1.807, 2.05) is 48.5 Å². The molecule has 0 saturated carbocycles. The molecule has 20 heavy (non-hydrogen) atoms. The monoisotopic (exact) mass is 273 g/mol. The minimum atomic E-state index is 0.452. The molecule has 0 unspecified atom stereocenters. The first-order valence-electron chi connectivity index (χ1n) is 6.50. The van der Waals surface area contributed by atoms with E-state index in [-0.39, 0.29) is 0 Å². The van der Waals surface area contributed by atoms with Crippen LogP contribution in [-0.2, 0) is 6.54 Å². The van der Waals surface area contributed by atoms with Crippen LogP contribution in [0.15, 0.2) is 48.5 Å². The lowest BCUT2D eigenvalue weighted by Crippen LogP contribution is -2.09. The van der Waals surface area contributed by atoms with E-state index in [2.05, 4.69) is 0 Å². The van der Waals surface area contributed by atoms with Crippen LogP contribution in [0.25, 0.3) is 0 Å². The SMILES string of the molecule is COc1cc(CN)cc(OCCOc2ccccc2)c1. The van der Waals surface area contributed by atoms with Gasteiger partial charge in [0.05, 0.1) is 7.11 Å². The molecule has 0 aliphatic heterocycles. The van der Waals surface area contributed by atoms with Crippen LogP contribution in [0.1, 0.15) is 5.56 Å². The third kappa shape index (κ3) is 4.17. The number of methoxy groups -OCH3 is 1. The van der Waals surface area contributed by atoms with Gasteiger partial charge >= 0.3 is 0 Å². The van der Waals surface area contributed by atoms with Gasteiger partial charge in [0.25, 0.3) is 0 Å². The molecule has 0 aliphatic rings. The van der Waals surface area contributed by atoms with Crippen molar-refractivity contribution < 1.29 is 14.2 Å². The average Bonchev–Trinajstić information content (AvgIpc) is 2.52. The summed E-state index contributed by atoms with van der Waals surface area (Å²) < 4.78 is 16.4. The first-order valence-corrected chi connectivity index (χ1v) is 6.50. The summed E-state index contributed by atoms with van der Waals surface area (Å²) in [6, 6.07) is 15.3. The van der Waals surface area contributed by atoms with Gasteiger partial charge in [0, 0.05) is 12.6 Å². The number of hydrogen-bond acceptors (Lipinski definition) is 4. The number of nitrogens with two attached hydrogens (primary N) is 1. The Kier molecular flexibility index (Phi) is 5.26. The van der Waals surface area contributed by atoms with E-state index in [4.69, 9.17) is 19.9 Å². The van der Waals surface area contributed by atoms with E-state index < -0.39 is 0 Å². The molecule has 0 amide bonds. The minimum Gasteiger partial charge on any atom is -0.497 e. The molecule has 2 N–H and O–H groups in total. The molecule has 0 saturated heterocycles. The number of hydrogen-bond donors (Lipinski definition) is 1. The van der Waals surface area contributed by atoms with Crippen LogP contribution >= 0.6 is 0 Å². The van der Waals surface area contributed by atoms with E-state index in [0.29, 0.717) is 19.8 Å². The highest BCUT2D eigenvalue weighted by atomic mass is 16.5. The molecule has 4 nitrogen and oxygen atoms in total. The second kappa shape index (κ2) is 7.40. The Labute approximate surface area is 119 Å². The quantitative estimate of drug-likeness (QED) is 0.788. The van der Waals surface area contributed by atoms with Crippen molar-refractivity contribution in [1.29, 1.82) is 0 Å². The molecule has 0 heterocycles. The average molecular weight is 273 g/mol. The highest BCUT2D eigenvalue weighted by Gasteiger charge is 2.02. The molecule has 2 rings (SSSR count). The van der Waals surface area contributed by atoms with E-state index in [1.54, 1.807) is 7.11 Å². The predicted molar refractivity (Wildman–Crippen MR) is 78.3 cm³/mol. The van der Waals surface area contributed by atoms with Crippen LogP contribution in [-0.4, -0.2) is 20.3 Å².